The van der Waals surface area contributed by atoms with Crippen LogP contribution in [0.15, 0.2) is 128 Å². The lowest BCUT2D eigenvalue weighted by atomic mass is 9.93. The number of allylic oxidation sites excluding steroid dienone is 2. The number of aromatic nitrogens is 4. The molecular weight excluding hydrogens is 466 g/mol. The van der Waals surface area contributed by atoms with E-state index in [-0.39, 0.29) is 11.0 Å². The number of rotatable bonds is 4. The Kier molecular flexibility index (Phi) is 4.41. The Morgan fingerprint density at radius 1 is 0.658 bits per heavy atom. The van der Waals surface area contributed by atoms with Crippen molar-refractivity contribution in [2.75, 3.05) is 4.90 Å². The molecule has 0 bridgehead atoms. The first-order chi connectivity index (χ1) is 18.8. The van der Waals surface area contributed by atoms with E-state index in [9.17, 15) is 0 Å². The van der Waals surface area contributed by atoms with Gasteiger partial charge in [0.05, 0.1) is 17.4 Å². The lowest BCUT2D eigenvalue weighted by molar-refractivity contribution is 0.749. The van der Waals surface area contributed by atoms with Gasteiger partial charge in [-0.2, -0.15) is 0 Å². The minimum Gasteiger partial charge on any atom is -0.329 e. The van der Waals surface area contributed by atoms with Gasteiger partial charge in [0, 0.05) is 22.2 Å². The number of anilines is 2. The molecule has 5 aromatic rings. The van der Waals surface area contributed by atoms with E-state index in [1.165, 1.54) is 11.3 Å². The van der Waals surface area contributed by atoms with Gasteiger partial charge in [0.1, 0.15) is 5.82 Å². The van der Waals surface area contributed by atoms with Gasteiger partial charge in [-0.05, 0) is 36.6 Å². The molecule has 2 unspecified atom stereocenters. The van der Waals surface area contributed by atoms with Gasteiger partial charge in [0.15, 0.2) is 11.6 Å². The quantitative estimate of drug-likeness (QED) is 0.253. The van der Waals surface area contributed by atoms with E-state index in [1.54, 1.807) is 0 Å². The molecule has 1 aliphatic heterocycles. The summed E-state index contributed by atoms with van der Waals surface area (Å²) in [6, 6.07) is 33.4. The maximum absolute atomic E-state index is 5.02. The molecule has 2 aromatic heterocycles. The maximum Gasteiger partial charge on any atom is 0.170 e. The van der Waals surface area contributed by atoms with Crippen molar-refractivity contribution < 1.29 is 0 Å². The summed E-state index contributed by atoms with van der Waals surface area (Å²) in [5.41, 5.74) is 5.75. The maximum atomic E-state index is 5.02. The van der Waals surface area contributed by atoms with Crippen LogP contribution >= 0.6 is 0 Å². The Morgan fingerprint density at radius 3 is 2.00 bits per heavy atom. The van der Waals surface area contributed by atoms with E-state index in [0.29, 0.717) is 0 Å². The second-order valence-corrected chi connectivity index (χ2v) is 10.3. The van der Waals surface area contributed by atoms with Crippen LogP contribution in [0, 0.1) is 0 Å². The van der Waals surface area contributed by atoms with Crippen molar-refractivity contribution >= 4 is 11.4 Å². The lowest BCUT2D eigenvalue weighted by Crippen LogP contribution is -2.32. The largest absolute Gasteiger partial charge is 0.329 e. The third kappa shape index (κ3) is 2.84. The summed E-state index contributed by atoms with van der Waals surface area (Å²) in [6.45, 7) is 0. The van der Waals surface area contributed by atoms with Crippen molar-refractivity contribution in [3.8, 4) is 28.6 Å². The van der Waals surface area contributed by atoms with Crippen molar-refractivity contribution in [1.82, 2.24) is 19.7 Å². The van der Waals surface area contributed by atoms with Crippen molar-refractivity contribution in [1.29, 1.82) is 0 Å². The number of pyridine rings is 1. The van der Waals surface area contributed by atoms with E-state index < -0.39 is 0 Å². The number of para-hydroxylation sites is 1. The first-order valence-corrected chi connectivity index (χ1v) is 13.1. The Bertz CT molecular complexity index is 1660. The molecule has 0 saturated heterocycles. The fourth-order valence-electron chi connectivity index (χ4n) is 6.50. The average molecular weight is 492 g/mol. The Morgan fingerprint density at radius 2 is 1.32 bits per heavy atom. The number of fused-ring (bicyclic) bond motifs is 1. The molecule has 8 rings (SSSR count). The molecule has 2 atom stereocenters. The Balaban J connectivity index is 1.26. The molecule has 1 saturated carbocycles. The zero-order valence-corrected chi connectivity index (χ0v) is 20.8. The van der Waals surface area contributed by atoms with Crippen LogP contribution in [0.1, 0.15) is 18.4 Å². The molecule has 5 heteroatoms. The standard InChI is InChI=1S/C33H25N5/c1-4-12-24(13-5-1)30-35-36-31(25-14-6-2-7-15-25)37(30)29-19-18-26(22-34-29)38-28-17-9-8-16-27(28)32-20-10-3-11-21-33(32,38)23-32/h1-2,4-22H,3,23H2. The third-order valence-corrected chi connectivity index (χ3v) is 8.24. The van der Waals surface area contributed by atoms with Crippen LogP contribution in [-0.2, 0) is 5.41 Å². The van der Waals surface area contributed by atoms with E-state index in [2.05, 4.69) is 105 Å². The van der Waals surface area contributed by atoms with Gasteiger partial charge in [0.25, 0.3) is 0 Å². The summed E-state index contributed by atoms with van der Waals surface area (Å²) in [4.78, 5) is 7.51. The van der Waals surface area contributed by atoms with Crippen LogP contribution in [0.2, 0.25) is 0 Å². The molecule has 0 N–H and O–H groups in total. The van der Waals surface area contributed by atoms with Crippen LogP contribution in [0.5, 0.6) is 0 Å². The highest BCUT2D eigenvalue weighted by molar-refractivity contribution is 5.84. The van der Waals surface area contributed by atoms with Crippen LogP contribution in [-0.4, -0.2) is 25.3 Å². The van der Waals surface area contributed by atoms with Gasteiger partial charge in [-0.25, -0.2) is 4.98 Å². The van der Waals surface area contributed by atoms with Crippen LogP contribution in [0.25, 0.3) is 28.6 Å². The Labute approximate surface area is 221 Å². The molecular formula is C33H25N5. The molecule has 182 valence electrons. The first kappa shape index (κ1) is 21.3. The molecule has 3 aromatic carbocycles. The predicted octanol–water partition coefficient (Wildman–Crippen LogP) is 7.04. The molecule has 2 aliphatic carbocycles. The van der Waals surface area contributed by atoms with Gasteiger partial charge in [-0.1, -0.05) is 103 Å². The third-order valence-electron chi connectivity index (χ3n) is 8.24. The highest BCUT2D eigenvalue weighted by Crippen LogP contribution is 2.72. The molecule has 1 fully saturated rings. The molecule has 0 amide bonds. The number of benzene rings is 3. The summed E-state index contributed by atoms with van der Waals surface area (Å²) >= 11 is 0. The number of hydrogen-bond donors (Lipinski definition) is 0. The molecule has 0 spiro atoms. The SMILES string of the molecule is C1=CC23CC2(C=CC1)N(c1ccc(-n2c(-c4ccccc4)nnc2-c2ccccc2)nc1)c1ccccc13. The van der Waals surface area contributed by atoms with Gasteiger partial charge < -0.3 is 4.90 Å². The van der Waals surface area contributed by atoms with E-state index in [4.69, 9.17) is 4.98 Å². The summed E-state index contributed by atoms with van der Waals surface area (Å²) in [6.07, 6.45) is 13.5. The predicted molar refractivity (Wildman–Crippen MR) is 151 cm³/mol. The lowest BCUT2D eigenvalue weighted by Gasteiger charge is -2.29. The molecule has 0 radical (unpaired) electrons. The number of nitrogens with zero attached hydrogens (tertiary/aromatic N) is 5. The minimum absolute atomic E-state index is 0.0461. The van der Waals surface area contributed by atoms with Crippen LogP contribution in [0.4, 0.5) is 11.4 Å². The topological polar surface area (TPSA) is 46.8 Å². The minimum atomic E-state index is -0.0617. The van der Waals surface area contributed by atoms with E-state index in [0.717, 1.165) is 47.1 Å². The summed E-state index contributed by atoms with van der Waals surface area (Å²) in [5, 5.41) is 9.19. The summed E-state index contributed by atoms with van der Waals surface area (Å²) in [5.74, 6) is 2.33. The van der Waals surface area contributed by atoms with Crippen molar-refractivity contribution in [2.45, 2.75) is 23.8 Å². The molecule has 3 aliphatic rings. The molecule has 38 heavy (non-hydrogen) atoms. The Hall–Kier alpha value is -4.77. The zero-order chi connectivity index (χ0) is 25.2. The average Bonchev–Trinajstić information content (AvgIpc) is 3.36. The molecule has 5 nitrogen and oxygen atoms in total. The highest BCUT2D eigenvalue weighted by atomic mass is 15.3. The normalized spacial score (nSPS) is 22.5. The van der Waals surface area contributed by atoms with Gasteiger partial charge in [0.2, 0.25) is 0 Å². The second kappa shape index (κ2) is 7.86. The smallest absolute Gasteiger partial charge is 0.170 e. The van der Waals surface area contributed by atoms with Gasteiger partial charge in [-0.3, -0.25) is 4.57 Å². The van der Waals surface area contributed by atoms with E-state index in [1.807, 2.05) is 42.6 Å². The molecule has 3 heterocycles. The monoisotopic (exact) mass is 491 g/mol. The van der Waals surface area contributed by atoms with Crippen LogP contribution in [0.3, 0.4) is 0 Å². The van der Waals surface area contributed by atoms with Crippen molar-refractivity contribution in [2.24, 2.45) is 0 Å². The second-order valence-electron chi connectivity index (χ2n) is 10.3. The summed E-state index contributed by atoms with van der Waals surface area (Å²) < 4.78 is 2.06. The highest BCUT2D eigenvalue weighted by Gasteiger charge is 2.73. The van der Waals surface area contributed by atoms with Crippen molar-refractivity contribution in [3.63, 3.8) is 0 Å². The first-order valence-electron chi connectivity index (χ1n) is 13.1. The summed E-state index contributed by atoms with van der Waals surface area (Å²) in [7, 11) is 0. The van der Waals surface area contributed by atoms with Gasteiger partial charge in [-0.15, -0.1) is 10.2 Å². The van der Waals surface area contributed by atoms with Crippen molar-refractivity contribution in [3.05, 3.63) is 133 Å². The fraction of sp³-hybridized carbons (Fsp3) is 0.121. The van der Waals surface area contributed by atoms with Gasteiger partial charge >= 0.3 is 0 Å². The van der Waals surface area contributed by atoms with E-state index >= 15 is 0 Å². The zero-order valence-electron chi connectivity index (χ0n) is 20.8. The number of hydrogen-bond acceptors (Lipinski definition) is 4. The van der Waals surface area contributed by atoms with Crippen LogP contribution < -0.4 is 4.90 Å². The fourth-order valence-corrected chi connectivity index (χ4v) is 6.50.